The second-order valence-electron chi connectivity index (χ2n) is 7.79. The highest BCUT2D eigenvalue weighted by atomic mass is 35.5. The highest BCUT2D eigenvalue weighted by Gasteiger charge is 2.50. The van der Waals surface area contributed by atoms with Gasteiger partial charge in [-0.3, -0.25) is 9.78 Å². The molecule has 2 saturated heterocycles. The van der Waals surface area contributed by atoms with Crippen molar-refractivity contribution >= 4 is 45.4 Å². The molecule has 7 nitrogen and oxygen atoms in total. The Labute approximate surface area is 191 Å². The molecule has 0 radical (unpaired) electrons. The summed E-state index contributed by atoms with van der Waals surface area (Å²) in [5, 5.41) is 0.363. The number of amides is 1. The molecule has 3 atom stereocenters. The number of hydrogen-bond acceptors (Lipinski definition) is 5. The summed E-state index contributed by atoms with van der Waals surface area (Å²) >= 11 is 12.1. The first-order valence-electron chi connectivity index (χ1n) is 9.95. The van der Waals surface area contributed by atoms with Crippen LogP contribution >= 0.6 is 23.2 Å². The first kappa shape index (κ1) is 22.2. The van der Waals surface area contributed by atoms with Crippen molar-refractivity contribution < 1.29 is 18.0 Å². The van der Waals surface area contributed by atoms with Crippen LogP contribution in [0, 0.1) is 5.92 Å². The molecule has 164 valence electrons. The summed E-state index contributed by atoms with van der Waals surface area (Å²) in [6.45, 7) is 0.354. The molecule has 1 aromatic carbocycles. The van der Waals surface area contributed by atoms with Gasteiger partial charge in [-0.15, -0.1) is 0 Å². The number of aromatic nitrogens is 1. The number of carbonyl (C=O) groups excluding carboxylic acids is 2. The van der Waals surface area contributed by atoms with Crippen LogP contribution in [0.3, 0.4) is 0 Å². The van der Waals surface area contributed by atoms with Gasteiger partial charge in [-0.2, -0.15) is 4.31 Å². The molecular weight excluding hydrogens is 461 g/mol. The van der Waals surface area contributed by atoms with Gasteiger partial charge in [0.2, 0.25) is 15.9 Å². The molecule has 2 fully saturated rings. The normalized spacial score (nSPS) is 24.6. The molecule has 0 unspecified atom stereocenters. The third kappa shape index (κ3) is 4.35. The standard InChI is InChI=1S/C21H21Cl2N3O4S/c22-15-8-16(23)10-18(9-15)31(29,30)26-19-5-3-6-20(26)21(28)25(11-14(19)13-27)12-17-4-1-2-7-24-17/h1-2,4,7-10,13-14,19-20H,3,5-6,11-12H2/t14-,19-,20+/m1/s1. The molecule has 0 spiro atoms. The van der Waals surface area contributed by atoms with Crippen LogP contribution in [0.4, 0.5) is 0 Å². The van der Waals surface area contributed by atoms with Crippen molar-refractivity contribution in [2.75, 3.05) is 6.54 Å². The lowest BCUT2D eigenvalue weighted by atomic mass is 9.91. The number of fused-ring (bicyclic) bond motifs is 2. The maximum atomic E-state index is 13.6. The van der Waals surface area contributed by atoms with E-state index in [4.69, 9.17) is 23.2 Å². The molecule has 2 aliphatic rings. The Hall–Kier alpha value is -2.00. The minimum atomic E-state index is -4.12. The molecule has 1 amide bonds. The lowest BCUT2D eigenvalue weighted by Crippen LogP contribution is -2.54. The minimum absolute atomic E-state index is 0.0856. The Balaban J connectivity index is 1.76. The summed E-state index contributed by atoms with van der Waals surface area (Å²) < 4.78 is 28.5. The van der Waals surface area contributed by atoms with E-state index in [0.717, 1.165) is 6.29 Å². The van der Waals surface area contributed by atoms with Gasteiger partial charge < -0.3 is 9.69 Å². The maximum Gasteiger partial charge on any atom is 0.244 e. The van der Waals surface area contributed by atoms with Gasteiger partial charge in [-0.25, -0.2) is 8.42 Å². The van der Waals surface area contributed by atoms with Gasteiger partial charge >= 0.3 is 0 Å². The summed E-state index contributed by atoms with van der Waals surface area (Å²) in [5.74, 6) is -0.973. The summed E-state index contributed by atoms with van der Waals surface area (Å²) in [6, 6.07) is 7.96. The highest BCUT2D eigenvalue weighted by Crippen LogP contribution is 2.37. The fourth-order valence-electron chi connectivity index (χ4n) is 4.43. The summed E-state index contributed by atoms with van der Waals surface area (Å²) in [6.07, 6.45) is 3.92. The smallest absolute Gasteiger partial charge is 0.244 e. The van der Waals surface area contributed by atoms with Crippen LogP contribution in [0.2, 0.25) is 10.0 Å². The highest BCUT2D eigenvalue weighted by molar-refractivity contribution is 7.89. The van der Waals surface area contributed by atoms with Crippen LogP contribution < -0.4 is 0 Å². The number of rotatable bonds is 5. The number of nitrogens with zero attached hydrogens (tertiary/aromatic N) is 3. The van der Waals surface area contributed by atoms with Crippen molar-refractivity contribution in [2.24, 2.45) is 5.92 Å². The summed E-state index contributed by atoms with van der Waals surface area (Å²) in [7, 11) is -4.12. The number of piperidine rings is 1. The molecule has 31 heavy (non-hydrogen) atoms. The van der Waals surface area contributed by atoms with Gasteiger partial charge in [0, 0.05) is 34.7 Å². The van der Waals surface area contributed by atoms with Gasteiger partial charge in [0.15, 0.2) is 0 Å². The number of halogens is 2. The molecular formula is C21H21Cl2N3O4S. The Morgan fingerprint density at radius 1 is 1.13 bits per heavy atom. The molecule has 0 N–H and O–H groups in total. The van der Waals surface area contributed by atoms with E-state index in [0.29, 0.717) is 25.0 Å². The molecule has 0 aliphatic carbocycles. The predicted molar refractivity (Wildman–Crippen MR) is 116 cm³/mol. The molecule has 3 heterocycles. The Bertz CT molecular complexity index is 1080. The largest absolute Gasteiger partial charge is 0.335 e. The van der Waals surface area contributed by atoms with Crippen molar-refractivity contribution in [2.45, 2.75) is 42.8 Å². The quantitative estimate of drug-likeness (QED) is 0.611. The van der Waals surface area contributed by atoms with E-state index in [9.17, 15) is 18.0 Å². The fraction of sp³-hybridized carbons (Fsp3) is 0.381. The molecule has 0 saturated carbocycles. The number of sulfonamides is 1. The molecule has 2 aliphatic heterocycles. The van der Waals surface area contributed by atoms with E-state index in [2.05, 4.69) is 4.98 Å². The topological polar surface area (TPSA) is 87.7 Å². The van der Waals surface area contributed by atoms with Crippen molar-refractivity contribution in [3.05, 3.63) is 58.3 Å². The summed E-state index contributed by atoms with van der Waals surface area (Å²) in [4.78, 5) is 31.2. The second kappa shape index (κ2) is 8.86. The van der Waals surface area contributed by atoms with E-state index in [1.54, 1.807) is 23.2 Å². The summed E-state index contributed by atoms with van der Waals surface area (Å²) in [5.41, 5.74) is 0.674. The van der Waals surface area contributed by atoms with Crippen LogP contribution in [-0.4, -0.2) is 53.4 Å². The number of hydrogen-bond donors (Lipinski definition) is 0. The van der Waals surface area contributed by atoms with Crippen molar-refractivity contribution in [3.63, 3.8) is 0 Å². The van der Waals surface area contributed by atoms with E-state index < -0.39 is 28.0 Å². The van der Waals surface area contributed by atoms with Crippen LogP contribution in [0.15, 0.2) is 47.5 Å². The van der Waals surface area contributed by atoms with E-state index in [-0.39, 0.29) is 33.9 Å². The number of benzene rings is 1. The van der Waals surface area contributed by atoms with Crippen molar-refractivity contribution in [1.29, 1.82) is 0 Å². The van der Waals surface area contributed by atoms with Crippen LogP contribution in [-0.2, 0) is 26.2 Å². The van der Waals surface area contributed by atoms with Gasteiger partial charge in [0.25, 0.3) is 0 Å². The van der Waals surface area contributed by atoms with Gasteiger partial charge in [-0.1, -0.05) is 29.3 Å². The fourth-order valence-corrected chi connectivity index (χ4v) is 7.03. The minimum Gasteiger partial charge on any atom is -0.335 e. The zero-order chi connectivity index (χ0) is 22.2. The van der Waals surface area contributed by atoms with Crippen LogP contribution in [0.1, 0.15) is 25.0 Å². The Morgan fingerprint density at radius 2 is 1.87 bits per heavy atom. The Kier molecular flexibility index (Phi) is 6.35. The first-order valence-corrected chi connectivity index (χ1v) is 12.1. The first-order chi connectivity index (χ1) is 14.8. The molecule has 2 aromatic rings. The average Bonchev–Trinajstić information content (AvgIpc) is 2.81. The SMILES string of the molecule is O=C[C@H]1CN(Cc2ccccn2)C(=O)[C@@H]2CCC[C@H]1N2S(=O)(=O)c1cc(Cl)cc(Cl)c1. The van der Waals surface area contributed by atoms with Crippen LogP contribution in [0.5, 0.6) is 0 Å². The van der Waals surface area contributed by atoms with Crippen LogP contribution in [0.25, 0.3) is 0 Å². The maximum absolute atomic E-state index is 13.6. The van der Waals surface area contributed by atoms with E-state index >= 15 is 0 Å². The number of aldehydes is 1. The van der Waals surface area contributed by atoms with Gasteiger partial charge in [0.05, 0.1) is 17.1 Å². The zero-order valence-corrected chi connectivity index (χ0v) is 18.9. The molecule has 10 heteroatoms. The van der Waals surface area contributed by atoms with E-state index in [1.165, 1.54) is 22.5 Å². The predicted octanol–water partition coefficient (Wildman–Crippen LogP) is 3.16. The van der Waals surface area contributed by atoms with Gasteiger partial charge in [0.1, 0.15) is 12.3 Å². The molecule has 4 rings (SSSR count). The number of pyridine rings is 1. The molecule has 1 aromatic heterocycles. The van der Waals surface area contributed by atoms with Crippen molar-refractivity contribution in [1.82, 2.24) is 14.2 Å². The number of carbonyl (C=O) groups is 2. The third-order valence-electron chi connectivity index (χ3n) is 5.80. The van der Waals surface area contributed by atoms with E-state index in [1.807, 2.05) is 6.07 Å². The zero-order valence-electron chi connectivity index (χ0n) is 16.5. The second-order valence-corrected chi connectivity index (χ2v) is 10.5. The average molecular weight is 482 g/mol. The Morgan fingerprint density at radius 3 is 2.52 bits per heavy atom. The lowest BCUT2D eigenvalue weighted by Gasteiger charge is -2.39. The lowest BCUT2D eigenvalue weighted by molar-refractivity contribution is -0.135. The van der Waals surface area contributed by atoms with Gasteiger partial charge in [-0.05, 0) is 49.6 Å². The third-order valence-corrected chi connectivity index (χ3v) is 8.15. The van der Waals surface area contributed by atoms with Crippen molar-refractivity contribution in [3.8, 4) is 0 Å². The molecule has 2 bridgehead atoms. The monoisotopic (exact) mass is 481 g/mol.